The first-order valence-corrected chi connectivity index (χ1v) is 6.40. The van der Waals surface area contributed by atoms with E-state index >= 15 is 0 Å². The van der Waals surface area contributed by atoms with E-state index in [-0.39, 0.29) is 5.82 Å². The average Bonchev–Trinajstić information content (AvgIpc) is 2.43. The van der Waals surface area contributed by atoms with Crippen molar-refractivity contribution < 1.29 is 4.39 Å². The first-order chi connectivity index (χ1) is 9.19. The summed E-state index contributed by atoms with van der Waals surface area (Å²) in [4.78, 5) is 6.47. The summed E-state index contributed by atoms with van der Waals surface area (Å²) in [7, 11) is 0. The van der Waals surface area contributed by atoms with Crippen molar-refractivity contribution >= 4 is 11.4 Å². The topological polar surface area (TPSA) is 42.1 Å². The first-order valence-electron chi connectivity index (χ1n) is 6.40. The van der Waals surface area contributed by atoms with E-state index in [9.17, 15) is 4.39 Å². The van der Waals surface area contributed by atoms with Crippen LogP contribution in [0.2, 0.25) is 0 Å². The predicted octanol–water partition coefficient (Wildman–Crippen LogP) is 2.87. The number of nitrogens with zero attached hydrogens (tertiary/aromatic N) is 2. The molecule has 0 amide bonds. The van der Waals surface area contributed by atoms with Crippen molar-refractivity contribution in [3.8, 4) is 0 Å². The van der Waals surface area contributed by atoms with Crippen LogP contribution >= 0.6 is 0 Å². The van der Waals surface area contributed by atoms with Crippen molar-refractivity contribution in [2.75, 3.05) is 23.7 Å². The summed E-state index contributed by atoms with van der Waals surface area (Å²) in [6.07, 6.45) is 2.51. The number of benzene rings is 1. The van der Waals surface area contributed by atoms with Gasteiger partial charge in [0.25, 0.3) is 0 Å². The molecule has 2 N–H and O–H groups in total. The Balaban J connectivity index is 1.99. The van der Waals surface area contributed by atoms with E-state index < -0.39 is 0 Å². The molecule has 0 fully saturated rings. The van der Waals surface area contributed by atoms with Gasteiger partial charge in [0.1, 0.15) is 5.82 Å². The van der Waals surface area contributed by atoms with Gasteiger partial charge < -0.3 is 10.6 Å². The molecule has 1 heterocycles. The van der Waals surface area contributed by atoms with Gasteiger partial charge in [0, 0.05) is 30.9 Å². The second kappa shape index (κ2) is 6.18. The zero-order valence-electron chi connectivity index (χ0n) is 11.0. The van der Waals surface area contributed by atoms with Crippen molar-refractivity contribution in [1.29, 1.82) is 0 Å². The van der Waals surface area contributed by atoms with Gasteiger partial charge in [0.15, 0.2) is 0 Å². The minimum atomic E-state index is -0.208. The molecule has 3 nitrogen and oxygen atoms in total. The van der Waals surface area contributed by atoms with Crippen LogP contribution in [-0.2, 0) is 6.42 Å². The van der Waals surface area contributed by atoms with Crippen LogP contribution in [0, 0.1) is 5.82 Å². The number of aromatic nitrogens is 1. The van der Waals surface area contributed by atoms with Crippen LogP contribution in [0.5, 0.6) is 0 Å². The lowest BCUT2D eigenvalue weighted by atomic mass is 10.2. The van der Waals surface area contributed by atoms with Crippen molar-refractivity contribution in [3.63, 3.8) is 0 Å². The molecule has 0 aliphatic carbocycles. The Hall–Kier alpha value is -2.10. The minimum absolute atomic E-state index is 0.208. The monoisotopic (exact) mass is 259 g/mol. The highest BCUT2D eigenvalue weighted by Gasteiger charge is 2.05. The van der Waals surface area contributed by atoms with Gasteiger partial charge in [0.05, 0.1) is 11.9 Å². The fraction of sp³-hybridized carbons (Fsp3) is 0.267. The molecule has 0 aliphatic heterocycles. The van der Waals surface area contributed by atoms with Crippen LogP contribution in [0.1, 0.15) is 12.6 Å². The number of anilines is 2. The van der Waals surface area contributed by atoms with E-state index in [1.165, 1.54) is 12.1 Å². The van der Waals surface area contributed by atoms with E-state index in [4.69, 9.17) is 5.73 Å². The highest BCUT2D eigenvalue weighted by atomic mass is 19.1. The molecule has 4 heteroatoms. The molecule has 0 saturated heterocycles. The molecule has 0 radical (unpaired) electrons. The van der Waals surface area contributed by atoms with E-state index in [2.05, 4.69) is 16.8 Å². The lowest BCUT2D eigenvalue weighted by Gasteiger charge is -2.22. The second-order valence-corrected chi connectivity index (χ2v) is 4.39. The maximum Gasteiger partial charge on any atom is 0.123 e. The molecule has 19 heavy (non-hydrogen) atoms. The van der Waals surface area contributed by atoms with Gasteiger partial charge in [-0.15, -0.1) is 0 Å². The Morgan fingerprint density at radius 3 is 2.47 bits per heavy atom. The van der Waals surface area contributed by atoms with Crippen LogP contribution < -0.4 is 10.6 Å². The summed E-state index contributed by atoms with van der Waals surface area (Å²) >= 11 is 0. The second-order valence-electron chi connectivity index (χ2n) is 4.39. The summed E-state index contributed by atoms with van der Waals surface area (Å²) in [6, 6.07) is 10.4. The molecule has 0 saturated carbocycles. The van der Waals surface area contributed by atoms with Gasteiger partial charge in [-0.25, -0.2) is 4.39 Å². The van der Waals surface area contributed by atoms with Gasteiger partial charge >= 0.3 is 0 Å². The zero-order chi connectivity index (χ0) is 13.7. The highest BCUT2D eigenvalue weighted by molar-refractivity contribution is 5.46. The molecule has 1 aromatic carbocycles. The van der Waals surface area contributed by atoms with Gasteiger partial charge in [0.2, 0.25) is 0 Å². The smallest absolute Gasteiger partial charge is 0.123 e. The van der Waals surface area contributed by atoms with Crippen LogP contribution in [0.3, 0.4) is 0 Å². The standard InChI is InChI=1S/C15H18FN3/c1-2-19(15-7-3-12(16)4-8-15)10-9-14-6-5-13(17)11-18-14/h3-8,11H,2,9-10,17H2,1H3. The van der Waals surface area contributed by atoms with Gasteiger partial charge in [-0.05, 0) is 43.3 Å². The number of pyridine rings is 1. The SMILES string of the molecule is CCN(CCc1ccc(N)cn1)c1ccc(F)cc1. The number of nitrogens with two attached hydrogens (primary N) is 1. The summed E-state index contributed by atoms with van der Waals surface area (Å²) in [5, 5.41) is 0. The van der Waals surface area contributed by atoms with Crippen molar-refractivity contribution in [1.82, 2.24) is 4.98 Å². The fourth-order valence-corrected chi connectivity index (χ4v) is 1.96. The minimum Gasteiger partial charge on any atom is -0.397 e. The molecule has 100 valence electrons. The number of nitrogen functional groups attached to an aromatic ring is 1. The number of halogens is 1. The maximum absolute atomic E-state index is 12.9. The highest BCUT2D eigenvalue weighted by Crippen LogP contribution is 2.15. The Kier molecular flexibility index (Phi) is 4.34. The molecular weight excluding hydrogens is 241 g/mol. The number of hydrogen-bond acceptors (Lipinski definition) is 3. The Morgan fingerprint density at radius 1 is 1.16 bits per heavy atom. The average molecular weight is 259 g/mol. The summed E-state index contributed by atoms with van der Waals surface area (Å²) in [6.45, 7) is 3.80. The van der Waals surface area contributed by atoms with Gasteiger partial charge in [-0.1, -0.05) is 0 Å². The van der Waals surface area contributed by atoms with Gasteiger partial charge in [-0.3, -0.25) is 4.98 Å². The lowest BCUT2D eigenvalue weighted by Crippen LogP contribution is -2.25. The summed E-state index contributed by atoms with van der Waals surface area (Å²) < 4.78 is 12.9. The molecule has 0 bridgehead atoms. The van der Waals surface area contributed by atoms with E-state index in [0.29, 0.717) is 5.69 Å². The third-order valence-corrected chi connectivity index (χ3v) is 3.06. The summed E-state index contributed by atoms with van der Waals surface area (Å²) in [5.74, 6) is -0.208. The molecular formula is C15H18FN3. The Bertz CT molecular complexity index is 508. The van der Waals surface area contributed by atoms with E-state index in [1.54, 1.807) is 18.3 Å². The number of likely N-dealkylation sites (N-methyl/N-ethyl adjacent to an activating group) is 1. The molecule has 0 unspecified atom stereocenters. The third-order valence-electron chi connectivity index (χ3n) is 3.06. The van der Waals surface area contributed by atoms with Crippen LogP contribution in [0.25, 0.3) is 0 Å². The molecule has 2 rings (SSSR count). The fourth-order valence-electron chi connectivity index (χ4n) is 1.96. The molecule has 0 aliphatic rings. The molecule has 0 atom stereocenters. The van der Waals surface area contributed by atoms with Crippen LogP contribution in [-0.4, -0.2) is 18.1 Å². The van der Waals surface area contributed by atoms with Gasteiger partial charge in [-0.2, -0.15) is 0 Å². The largest absolute Gasteiger partial charge is 0.397 e. The zero-order valence-corrected chi connectivity index (χ0v) is 11.0. The Morgan fingerprint density at radius 2 is 1.89 bits per heavy atom. The number of rotatable bonds is 5. The molecule has 2 aromatic rings. The van der Waals surface area contributed by atoms with Crippen molar-refractivity contribution in [2.45, 2.75) is 13.3 Å². The Labute approximate surface area is 112 Å². The normalized spacial score (nSPS) is 10.4. The third kappa shape index (κ3) is 3.68. The molecule has 1 aromatic heterocycles. The quantitative estimate of drug-likeness (QED) is 0.897. The molecule has 0 spiro atoms. The predicted molar refractivity (Wildman–Crippen MR) is 76.6 cm³/mol. The van der Waals surface area contributed by atoms with Crippen LogP contribution in [0.15, 0.2) is 42.6 Å². The van der Waals surface area contributed by atoms with Crippen LogP contribution in [0.4, 0.5) is 15.8 Å². The first kappa shape index (κ1) is 13.3. The number of hydrogen-bond donors (Lipinski definition) is 1. The maximum atomic E-state index is 12.9. The van der Waals surface area contributed by atoms with Crippen molar-refractivity contribution in [3.05, 3.63) is 54.1 Å². The lowest BCUT2D eigenvalue weighted by molar-refractivity contribution is 0.627. The van der Waals surface area contributed by atoms with E-state index in [0.717, 1.165) is 30.9 Å². The van der Waals surface area contributed by atoms with Crippen molar-refractivity contribution in [2.24, 2.45) is 0 Å². The van der Waals surface area contributed by atoms with E-state index in [1.807, 2.05) is 12.1 Å². The summed E-state index contributed by atoms with van der Waals surface area (Å²) in [5.41, 5.74) is 8.32.